The van der Waals surface area contributed by atoms with Crippen LogP contribution >= 0.6 is 8.60 Å². The van der Waals surface area contributed by atoms with Crippen molar-refractivity contribution < 1.29 is 23.2 Å². The SMILES string of the molecule is O=C1OP(OC(=O)c2c3ccccc3cc3ccccc23)Oc2ccccc21. The van der Waals surface area contributed by atoms with Gasteiger partial charge in [0.1, 0.15) is 11.3 Å². The fourth-order valence-corrected chi connectivity index (χ4v) is 4.21. The quantitative estimate of drug-likeness (QED) is 0.329. The molecule has 6 heteroatoms. The molecule has 0 amide bonds. The molecule has 0 fully saturated rings. The highest BCUT2D eigenvalue weighted by Crippen LogP contribution is 2.48. The van der Waals surface area contributed by atoms with Crippen LogP contribution in [0.4, 0.5) is 0 Å². The monoisotopic (exact) mass is 388 g/mol. The van der Waals surface area contributed by atoms with Gasteiger partial charge in [0.05, 0.1) is 5.56 Å². The third kappa shape index (κ3) is 2.77. The van der Waals surface area contributed by atoms with Crippen LogP contribution in [0, 0.1) is 0 Å². The molecule has 4 aromatic carbocycles. The average molecular weight is 388 g/mol. The Morgan fingerprint density at radius 3 is 2.11 bits per heavy atom. The van der Waals surface area contributed by atoms with Crippen molar-refractivity contribution in [3.8, 4) is 5.75 Å². The van der Waals surface area contributed by atoms with Crippen molar-refractivity contribution >= 4 is 42.1 Å². The van der Waals surface area contributed by atoms with Gasteiger partial charge in [-0.1, -0.05) is 60.7 Å². The van der Waals surface area contributed by atoms with Crippen LogP contribution in [0.2, 0.25) is 0 Å². The summed E-state index contributed by atoms with van der Waals surface area (Å²) in [5, 5.41) is 3.38. The zero-order chi connectivity index (χ0) is 19.1. The van der Waals surface area contributed by atoms with Crippen LogP contribution < -0.4 is 4.52 Å². The van der Waals surface area contributed by atoms with Gasteiger partial charge < -0.3 is 13.6 Å². The average Bonchev–Trinajstić information content (AvgIpc) is 2.72. The Hall–Kier alpha value is -3.43. The maximum Gasteiger partial charge on any atom is 0.535 e. The fraction of sp³-hybridized carbons (Fsp3) is 0. The molecule has 1 aliphatic heterocycles. The summed E-state index contributed by atoms with van der Waals surface area (Å²) in [6, 6.07) is 23.9. The van der Waals surface area contributed by atoms with E-state index in [1.807, 2.05) is 54.6 Å². The Balaban J connectivity index is 1.55. The molecule has 136 valence electrons. The molecule has 1 atom stereocenters. The Morgan fingerprint density at radius 1 is 0.786 bits per heavy atom. The maximum atomic E-state index is 13.1. The van der Waals surface area contributed by atoms with E-state index in [1.54, 1.807) is 24.3 Å². The number of para-hydroxylation sites is 1. The first-order valence-electron chi connectivity index (χ1n) is 8.63. The summed E-state index contributed by atoms with van der Waals surface area (Å²) in [4.78, 5) is 25.2. The Labute approximate surface area is 161 Å². The largest absolute Gasteiger partial charge is 0.535 e. The van der Waals surface area contributed by atoms with E-state index >= 15 is 0 Å². The fourth-order valence-electron chi connectivity index (χ4n) is 3.31. The van der Waals surface area contributed by atoms with Crippen LogP contribution in [0.3, 0.4) is 0 Å². The lowest BCUT2D eigenvalue weighted by atomic mass is 9.97. The molecule has 1 heterocycles. The molecule has 5 rings (SSSR count). The third-order valence-corrected chi connectivity index (χ3v) is 5.55. The number of rotatable bonds is 2. The summed E-state index contributed by atoms with van der Waals surface area (Å²) in [5.74, 6) is -0.810. The van der Waals surface area contributed by atoms with Crippen molar-refractivity contribution in [2.24, 2.45) is 0 Å². The van der Waals surface area contributed by atoms with E-state index < -0.39 is 20.5 Å². The van der Waals surface area contributed by atoms with Gasteiger partial charge in [-0.2, -0.15) is 0 Å². The molecule has 5 nitrogen and oxygen atoms in total. The van der Waals surface area contributed by atoms with E-state index in [4.69, 9.17) is 13.6 Å². The van der Waals surface area contributed by atoms with E-state index in [2.05, 4.69) is 0 Å². The summed E-state index contributed by atoms with van der Waals surface area (Å²) >= 11 is 0. The molecule has 0 aromatic heterocycles. The molecule has 0 radical (unpaired) electrons. The van der Waals surface area contributed by atoms with Gasteiger partial charge in [-0.3, -0.25) is 0 Å². The lowest BCUT2D eigenvalue weighted by Gasteiger charge is -2.22. The summed E-state index contributed by atoms with van der Waals surface area (Å²) in [6.45, 7) is 0. The summed E-state index contributed by atoms with van der Waals surface area (Å²) in [7, 11) is -2.17. The molecule has 28 heavy (non-hydrogen) atoms. The van der Waals surface area contributed by atoms with Crippen LogP contribution in [0.5, 0.6) is 5.75 Å². The second kappa shape index (κ2) is 6.63. The number of fused-ring (bicyclic) bond motifs is 3. The first kappa shape index (κ1) is 16.7. The van der Waals surface area contributed by atoms with Crippen LogP contribution in [-0.2, 0) is 9.05 Å². The van der Waals surface area contributed by atoms with Crippen molar-refractivity contribution in [2.75, 3.05) is 0 Å². The van der Waals surface area contributed by atoms with Crippen molar-refractivity contribution in [2.45, 2.75) is 0 Å². The van der Waals surface area contributed by atoms with E-state index in [-0.39, 0.29) is 0 Å². The Morgan fingerprint density at radius 2 is 1.39 bits per heavy atom. The highest BCUT2D eigenvalue weighted by Gasteiger charge is 2.34. The van der Waals surface area contributed by atoms with Gasteiger partial charge in [-0.25, -0.2) is 9.59 Å². The number of carbonyl (C=O) groups is 2. The topological polar surface area (TPSA) is 61.8 Å². The van der Waals surface area contributed by atoms with E-state index in [0.29, 0.717) is 16.9 Å². The number of hydrogen-bond donors (Lipinski definition) is 0. The van der Waals surface area contributed by atoms with E-state index in [9.17, 15) is 9.59 Å². The zero-order valence-electron chi connectivity index (χ0n) is 14.5. The predicted octanol–water partition coefficient (Wildman–Crippen LogP) is 5.63. The molecule has 0 N–H and O–H groups in total. The smallest absolute Gasteiger partial charge is 0.407 e. The molecule has 0 bridgehead atoms. The first-order chi connectivity index (χ1) is 13.7. The van der Waals surface area contributed by atoms with Gasteiger partial charge in [0.25, 0.3) is 0 Å². The van der Waals surface area contributed by atoms with Crippen molar-refractivity contribution in [3.63, 3.8) is 0 Å². The van der Waals surface area contributed by atoms with Crippen LogP contribution in [0.1, 0.15) is 20.7 Å². The lowest BCUT2D eigenvalue weighted by Crippen LogP contribution is -2.15. The number of benzene rings is 4. The minimum atomic E-state index is -2.17. The summed E-state index contributed by atoms with van der Waals surface area (Å²) in [6.07, 6.45) is 0. The Kier molecular flexibility index (Phi) is 3.96. The molecule has 0 spiro atoms. The second-order valence-electron chi connectivity index (χ2n) is 6.26. The van der Waals surface area contributed by atoms with Gasteiger partial charge >= 0.3 is 20.5 Å². The molecule has 0 saturated heterocycles. The minimum absolute atomic E-state index is 0.313. The minimum Gasteiger partial charge on any atom is -0.407 e. The van der Waals surface area contributed by atoms with Gasteiger partial charge in [-0.15, -0.1) is 0 Å². The molecule has 1 unspecified atom stereocenters. The molecule has 4 aromatic rings. The molecular weight excluding hydrogens is 375 g/mol. The number of hydrogen-bond acceptors (Lipinski definition) is 5. The number of carbonyl (C=O) groups excluding carboxylic acids is 2. The summed E-state index contributed by atoms with van der Waals surface area (Å²) in [5.41, 5.74) is 0.739. The lowest BCUT2D eigenvalue weighted by molar-refractivity contribution is 0.0611. The zero-order valence-corrected chi connectivity index (χ0v) is 15.4. The first-order valence-corrected chi connectivity index (χ1v) is 9.72. The molecule has 0 aliphatic carbocycles. The predicted molar refractivity (Wildman–Crippen MR) is 106 cm³/mol. The van der Waals surface area contributed by atoms with Crippen LogP contribution in [0.25, 0.3) is 21.5 Å². The van der Waals surface area contributed by atoms with Crippen molar-refractivity contribution in [1.82, 2.24) is 0 Å². The van der Waals surface area contributed by atoms with Crippen LogP contribution in [0.15, 0.2) is 78.9 Å². The van der Waals surface area contributed by atoms with Crippen LogP contribution in [-0.4, -0.2) is 11.9 Å². The normalized spacial score (nSPS) is 15.6. The maximum absolute atomic E-state index is 13.1. The standard InChI is InChI=1S/C22H13O5P/c23-21-18-11-5-6-12-19(18)25-28(26-21)27-22(24)20-16-9-3-1-7-14(16)13-15-8-2-4-10-17(15)20/h1-13H. The highest BCUT2D eigenvalue weighted by molar-refractivity contribution is 7.43. The van der Waals surface area contributed by atoms with Gasteiger partial charge in [0, 0.05) is 0 Å². The second-order valence-corrected chi connectivity index (χ2v) is 7.26. The summed E-state index contributed by atoms with van der Waals surface area (Å²) < 4.78 is 16.3. The molecule has 0 saturated carbocycles. The Bertz CT molecular complexity index is 1200. The van der Waals surface area contributed by atoms with Crippen molar-refractivity contribution in [3.05, 3.63) is 90.0 Å². The van der Waals surface area contributed by atoms with Gasteiger partial charge in [0.15, 0.2) is 0 Å². The van der Waals surface area contributed by atoms with Gasteiger partial charge in [0.2, 0.25) is 0 Å². The van der Waals surface area contributed by atoms with Gasteiger partial charge in [-0.05, 0) is 39.7 Å². The highest BCUT2D eigenvalue weighted by atomic mass is 31.2. The molecule has 1 aliphatic rings. The molecular formula is C22H13O5P. The van der Waals surface area contributed by atoms with E-state index in [0.717, 1.165) is 21.5 Å². The van der Waals surface area contributed by atoms with Crippen molar-refractivity contribution in [1.29, 1.82) is 0 Å². The third-order valence-electron chi connectivity index (χ3n) is 4.57. The van der Waals surface area contributed by atoms with E-state index in [1.165, 1.54) is 0 Å².